The molecule has 0 spiro atoms. The molecule has 12 heavy (non-hydrogen) atoms. The van der Waals surface area contributed by atoms with Gasteiger partial charge in [-0.2, -0.15) is 0 Å². The summed E-state index contributed by atoms with van der Waals surface area (Å²) in [6.07, 6.45) is 1.97. The molecule has 2 nitrogen and oxygen atoms in total. The van der Waals surface area contributed by atoms with E-state index in [1.807, 2.05) is 45.8 Å². The number of rotatable bonds is 3. The van der Waals surface area contributed by atoms with Crippen LogP contribution in [0.1, 0.15) is 20.8 Å². The van der Waals surface area contributed by atoms with Crippen LogP contribution in [-0.2, 0) is 0 Å². The van der Waals surface area contributed by atoms with E-state index in [4.69, 9.17) is 0 Å². The number of aliphatic imine (C=N–C) groups is 1. The first-order valence-corrected chi connectivity index (χ1v) is 4.00. The summed E-state index contributed by atoms with van der Waals surface area (Å²) in [4.78, 5) is 6.33. The van der Waals surface area contributed by atoms with E-state index in [2.05, 4.69) is 11.6 Å². The van der Waals surface area contributed by atoms with E-state index in [1.54, 1.807) is 0 Å². The molecule has 0 N–H and O–H groups in total. The van der Waals surface area contributed by atoms with Crippen molar-refractivity contribution in [3.05, 3.63) is 24.0 Å². The van der Waals surface area contributed by atoms with E-state index in [1.165, 1.54) is 0 Å². The van der Waals surface area contributed by atoms with E-state index < -0.39 is 0 Å². The molecule has 0 aliphatic heterocycles. The van der Waals surface area contributed by atoms with Crippen molar-refractivity contribution >= 4 is 5.71 Å². The van der Waals surface area contributed by atoms with Crippen molar-refractivity contribution in [2.45, 2.75) is 20.8 Å². The summed E-state index contributed by atoms with van der Waals surface area (Å²) >= 11 is 0. The van der Waals surface area contributed by atoms with Crippen LogP contribution in [0.4, 0.5) is 0 Å². The Morgan fingerprint density at radius 3 is 2.00 bits per heavy atom. The van der Waals surface area contributed by atoms with Crippen LogP contribution in [0.5, 0.6) is 0 Å². The van der Waals surface area contributed by atoms with E-state index in [0.717, 1.165) is 17.1 Å². The average molecular weight is 166 g/mol. The van der Waals surface area contributed by atoms with Gasteiger partial charge in [0.1, 0.15) is 5.82 Å². The third kappa shape index (κ3) is 4.72. The van der Waals surface area contributed by atoms with E-state index in [-0.39, 0.29) is 0 Å². The largest absolute Gasteiger partial charge is 0.363 e. The lowest BCUT2D eigenvalue weighted by Gasteiger charge is -2.13. The monoisotopic (exact) mass is 166 g/mol. The van der Waals surface area contributed by atoms with Gasteiger partial charge in [-0.15, -0.1) is 0 Å². The zero-order chi connectivity index (χ0) is 9.72. The Morgan fingerprint density at radius 2 is 1.75 bits per heavy atom. The number of hydrogen-bond acceptors (Lipinski definition) is 2. The lowest BCUT2D eigenvalue weighted by molar-refractivity contribution is 0.506. The van der Waals surface area contributed by atoms with Gasteiger partial charge in [-0.1, -0.05) is 12.2 Å². The predicted molar refractivity (Wildman–Crippen MR) is 55.4 cm³/mol. The fourth-order valence-corrected chi connectivity index (χ4v) is 0.711. The molecule has 0 aliphatic carbocycles. The number of nitrogens with zero attached hydrogens (tertiary/aromatic N) is 2. The third-order valence-electron chi connectivity index (χ3n) is 1.17. The summed E-state index contributed by atoms with van der Waals surface area (Å²) < 4.78 is 0. The molecule has 0 bridgehead atoms. The van der Waals surface area contributed by atoms with Crippen LogP contribution in [0.15, 0.2) is 29.0 Å². The Morgan fingerprint density at radius 1 is 1.25 bits per heavy atom. The summed E-state index contributed by atoms with van der Waals surface area (Å²) in [6.45, 7) is 9.74. The second kappa shape index (κ2) is 4.75. The van der Waals surface area contributed by atoms with Crippen LogP contribution in [0.3, 0.4) is 0 Å². The maximum absolute atomic E-state index is 4.36. The maximum atomic E-state index is 4.36. The first-order chi connectivity index (χ1) is 5.43. The topological polar surface area (TPSA) is 15.6 Å². The molecule has 68 valence electrons. The zero-order valence-electron chi connectivity index (χ0n) is 8.68. The Bertz CT molecular complexity index is 218. The molecule has 0 unspecified atom stereocenters. The van der Waals surface area contributed by atoms with Gasteiger partial charge in [0.05, 0.1) is 0 Å². The minimum atomic E-state index is 0.947. The van der Waals surface area contributed by atoms with Crippen LogP contribution in [0.2, 0.25) is 0 Å². The maximum Gasteiger partial charge on any atom is 0.128 e. The van der Waals surface area contributed by atoms with Crippen molar-refractivity contribution in [1.29, 1.82) is 0 Å². The van der Waals surface area contributed by atoms with Crippen molar-refractivity contribution < 1.29 is 0 Å². The van der Waals surface area contributed by atoms with Crippen molar-refractivity contribution in [3.8, 4) is 0 Å². The van der Waals surface area contributed by atoms with E-state index in [0.29, 0.717) is 0 Å². The lowest BCUT2D eigenvalue weighted by Crippen LogP contribution is -2.10. The fraction of sp³-hybridized carbons (Fsp3) is 0.500. The molecule has 0 aromatic rings. The van der Waals surface area contributed by atoms with Gasteiger partial charge in [0.25, 0.3) is 0 Å². The SMILES string of the molecule is C=C(C)/C=C(\N=C(C)C)N(C)C. The highest BCUT2D eigenvalue weighted by atomic mass is 15.2. The van der Waals surface area contributed by atoms with Crippen LogP contribution in [-0.4, -0.2) is 24.7 Å². The van der Waals surface area contributed by atoms with Gasteiger partial charge in [0, 0.05) is 19.8 Å². The zero-order valence-corrected chi connectivity index (χ0v) is 8.68. The molecular formula is C10H18N2. The second-order valence-electron chi connectivity index (χ2n) is 3.30. The minimum Gasteiger partial charge on any atom is -0.363 e. The smallest absolute Gasteiger partial charge is 0.128 e. The Labute approximate surface area is 75.3 Å². The van der Waals surface area contributed by atoms with Gasteiger partial charge in [-0.25, -0.2) is 4.99 Å². The summed E-state index contributed by atoms with van der Waals surface area (Å²) in [6, 6.07) is 0. The minimum absolute atomic E-state index is 0.947. The van der Waals surface area contributed by atoms with Crippen molar-refractivity contribution in [2.75, 3.05) is 14.1 Å². The molecule has 0 aliphatic rings. The highest BCUT2D eigenvalue weighted by molar-refractivity contribution is 5.80. The quantitative estimate of drug-likeness (QED) is 0.464. The molecule has 0 radical (unpaired) electrons. The van der Waals surface area contributed by atoms with Crippen LogP contribution in [0.25, 0.3) is 0 Å². The van der Waals surface area contributed by atoms with Gasteiger partial charge in [0.15, 0.2) is 0 Å². The molecule has 0 rings (SSSR count). The molecule has 0 saturated heterocycles. The summed E-state index contributed by atoms with van der Waals surface area (Å²) in [7, 11) is 3.95. The average Bonchev–Trinajstić information content (AvgIpc) is 1.83. The standard InChI is InChI=1S/C10H18N2/c1-8(2)7-10(12(5)6)11-9(3)4/h7H,1H2,2-6H3/b10-7+. The number of hydrogen-bond donors (Lipinski definition) is 0. The van der Waals surface area contributed by atoms with Crippen LogP contribution in [0, 0.1) is 0 Å². The Hall–Kier alpha value is -1.05. The Kier molecular flexibility index (Phi) is 4.34. The Balaban J connectivity index is 4.68. The second-order valence-corrected chi connectivity index (χ2v) is 3.30. The van der Waals surface area contributed by atoms with Gasteiger partial charge in [0.2, 0.25) is 0 Å². The van der Waals surface area contributed by atoms with Crippen molar-refractivity contribution in [3.63, 3.8) is 0 Å². The molecule has 0 saturated carbocycles. The first kappa shape index (κ1) is 11.0. The fourth-order valence-electron chi connectivity index (χ4n) is 0.711. The van der Waals surface area contributed by atoms with Crippen molar-refractivity contribution in [2.24, 2.45) is 4.99 Å². The highest BCUT2D eigenvalue weighted by Gasteiger charge is 1.95. The normalized spacial score (nSPS) is 10.9. The van der Waals surface area contributed by atoms with Crippen molar-refractivity contribution in [1.82, 2.24) is 4.90 Å². The molecule has 0 fully saturated rings. The molecular weight excluding hydrogens is 148 g/mol. The summed E-state index contributed by atoms with van der Waals surface area (Å²) in [5.74, 6) is 0.947. The van der Waals surface area contributed by atoms with Gasteiger partial charge < -0.3 is 4.90 Å². The number of allylic oxidation sites excluding steroid dienone is 2. The summed E-state index contributed by atoms with van der Waals surface area (Å²) in [5, 5.41) is 0. The van der Waals surface area contributed by atoms with Gasteiger partial charge >= 0.3 is 0 Å². The first-order valence-electron chi connectivity index (χ1n) is 4.00. The molecule has 0 heterocycles. The lowest BCUT2D eigenvalue weighted by atomic mass is 10.3. The van der Waals surface area contributed by atoms with Gasteiger partial charge in [-0.3, -0.25) is 0 Å². The molecule has 0 amide bonds. The van der Waals surface area contributed by atoms with E-state index in [9.17, 15) is 0 Å². The molecule has 2 heteroatoms. The van der Waals surface area contributed by atoms with E-state index >= 15 is 0 Å². The molecule has 0 atom stereocenters. The summed E-state index contributed by atoms with van der Waals surface area (Å²) in [5.41, 5.74) is 2.07. The van der Waals surface area contributed by atoms with Gasteiger partial charge in [-0.05, 0) is 26.8 Å². The molecule has 0 aromatic carbocycles. The molecule has 0 aromatic heterocycles. The van der Waals surface area contributed by atoms with Crippen LogP contribution >= 0.6 is 0 Å². The third-order valence-corrected chi connectivity index (χ3v) is 1.17. The van der Waals surface area contributed by atoms with Crippen LogP contribution < -0.4 is 0 Å². The predicted octanol–water partition coefficient (Wildman–Crippen LogP) is 2.45. The highest BCUT2D eigenvalue weighted by Crippen LogP contribution is 2.05.